The Hall–Kier alpha value is -2.68. The van der Waals surface area contributed by atoms with Crippen molar-refractivity contribution in [1.29, 1.82) is 0 Å². The average molecular weight is 333 g/mol. The molecule has 0 bridgehead atoms. The van der Waals surface area contributed by atoms with Crippen LogP contribution >= 0.6 is 11.8 Å². The molecule has 3 rings (SSSR count). The highest BCUT2D eigenvalue weighted by molar-refractivity contribution is 7.99. The van der Waals surface area contributed by atoms with Crippen LogP contribution in [-0.2, 0) is 11.3 Å². The van der Waals surface area contributed by atoms with Crippen molar-refractivity contribution in [3.63, 3.8) is 0 Å². The number of fused-ring (bicyclic) bond motifs is 1. The van der Waals surface area contributed by atoms with Crippen LogP contribution in [0.3, 0.4) is 0 Å². The first-order valence-electron chi connectivity index (χ1n) is 6.66. The van der Waals surface area contributed by atoms with Gasteiger partial charge < -0.3 is 15.4 Å². The molecule has 0 saturated carbocycles. The summed E-state index contributed by atoms with van der Waals surface area (Å²) in [7, 11) is 0. The molecule has 0 saturated heterocycles. The zero-order valence-electron chi connectivity index (χ0n) is 11.8. The largest absolute Gasteiger partial charge is 0.492 e. The summed E-state index contributed by atoms with van der Waals surface area (Å²) in [5, 5.41) is 12.7. The first kappa shape index (κ1) is 15.2. The van der Waals surface area contributed by atoms with E-state index in [1.807, 2.05) is 0 Å². The van der Waals surface area contributed by atoms with Gasteiger partial charge in [-0.15, -0.1) is 0 Å². The van der Waals surface area contributed by atoms with Crippen LogP contribution < -0.4 is 5.32 Å². The van der Waals surface area contributed by atoms with E-state index in [1.165, 1.54) is 18.5 Å². The lowest BCUT2D eigenvalue weighted by Gasteiger charge is -2.05. The van der Waals surface area contributed by atoms with E-state index in [-0.39, 0.29) is 34.0 Å². The molecule has 9 heteroatoms. The lowest BCUT2D eigenvalue weighted by atomic mass is 10.2. The molecule has 1 aromatic carbocycles. The number of hydrogen-bond acceptors (Lipinski definition) is 6. The van der Waals surface area contributed by atoms with Crippen LogP contribution in [0.1, 0.15) is 5.56 Å². The highest BCUT2D eigenvalue weighted by Crippen LogP contribution is 2.22. The summed E-state index contributed by atoms with van der Waals surface area (Å²) in [6, 6.07) is 5.89. The van der Waals surface area contributed by atoms with E-state index in [9.17, 15) is 14.3 Å². The smallest absolute Gasteiger partial charge is 0.243 e. The standard InChI is InChI=1S/C14H12FN5O2S/c15-9-3-1-8(2-4-9)5-16-10(21)6-23-14-19-12-11(13(22)20-14)17-7-18-12/h1-4,7H,5-6H2,(H,16,21)(H2,17,18,19,20,22). The third kappa shape index (κ3) is 3.75. The van der Waals surface area contributed by atoms with Crippen molar-refractivity contribution in [1.82, 2.24) is 25.3 Å². The van der Waals surface area contributed by atoms with Gasteiger partial charge in [-0.3, -0.25) is 4.79 Å². The lowest BCUT2D eigenvalue weighted by molar-refractivity contribution is -0.118. The van der Waals surface area contributed by atoms with E-state index in [4.69, 9.17) is 0 Å². The Morgan fingerprint density at radius 1 is 1.30 bits per heavy atom. The Morgan fingerprint density at radius 3 is 2.87 bits per heavy atom. The molecule has 3 N–H and O–H groups in total. The number of halogens is 1. The Morgan fingerprint density at radius 2 is 2.09 bits per heavy atom. The molecule has 3 aromatic rings. The minimum absolute atomic E-state index is 0.0975. The molecule has 23 heavy (non-hydrogen) atoms. The molecule has 0 aliphatic rings. The Labute approximate surface area is 134 Å². The maximum atomic E-state index is 12.8. The molecule has 0 radical (unpaired) electrons. The molecule has 7 nitrogen and oxygen atoms in total. The summed E-state index contributed by atoms with van der Waals surface area (Å²) < 4.78 is 12.8. The number of imidazole rings is 1. The predicted octanol–water partition coefficient (Wildman–Crippen LogP) is 1.61. The molecule has 0 fully saturated rings. The molecule has 0 aliphatic carbocycles. The average Bonchev–Trinajstić information content (AvgIpc) is 3.01. The van der Waals surface area contributed by atoms with Gasteiger partial charge in [-0.05, 0) is 17.7 Å². The van der Waals surface area contributed by atoms with Gasteiger partial charge in [-0.2, -0.15) is 4.98 Å². The number of aromatic nitrogens is 4. The number of carbonyl (C=O) groups is 1. The number of benzene rings is 1. The van der Waals surface area contributed by atoms with E-state index in [0.29, 0.717) is 12.2 Å². The first-order valence-corrected chi connectivity index (χ1v) is 7.64. The summed E-state index contributed by atoms with van der Waals surface area (Å²) in [6.45, 7) is 0.311. The second kappa shape index (κ2) is 6.61. The van der Waals surface area contributed by atoms with Crippen LogP contribution in [0.15, 0.2) is 35.7 Å². The van der Waals surface area contributed by atoms with Crippen molar-refractivity contribution >= 4 is 28.8 Å². The normalized spacial score (nSPS) is 10.8. The fourth-order valence-corrected chi connectivity index (χ4v) is 2.52. The summed E-state index contributed by atoms with van der Waals surface area (Å²) in [5.41, 5.74) is 1.50. The maximum absolute atomic E-state index is 12.8. The molecule has 0 spiro atoms. The topological polar surface area (TPSA) is 104 Å². The van der Waals surface area contributed by atoms with Crippen LogP contribution in [0, 0.1) is 5.82 Å². The van der Waals surface area contributed by atoms with Gasteiger partial charge in [0.25, 0.3) is 0 Å². The number of nitrogens with one attached hydrogen (secondary N) is 2. The number of nitrogens with zero attached hydrogens (tertiary/aromatic N) is 3. The van der Waals surface area contributed by atoms with E-state index in [1.54, 1.807) is 12.1 Å². The van der Waals surface area contributed by atoms with Gasteiger partial charge in [0.05, 0.1) is 12.1 Å². The molecular formula is C14H12FN5O2S. The number of amides is 1. The second-order valence-electron chi connectivity index (χ2n) is 4.62. The van der Waals surface area contributed by atoms with Gasteiger partial charge in [-0.25, -0.2) is 14.4 Å². The van der Waals surface area contributed by atoms with Gasteiger partial charge in [0, 0.05) is 6.54 Å². The van der Waals surface area contributed by atoms with Crippen LogP contribution in [-0.4, -0.2) is 36.7 Å². The zero-order chi connectivity index (χ0) is 16.2. The van der Waals surface area contributed by atoms with E-state index >= 15 is 0 Å². The summed E-state index contributed by atoms with van der Waals surface area (Å²) in [4.78, 5) is 26.5. The number of aromatic hydroxyl groups is 1. The van der Waals surface area contributed by atoms with E-state index in [2.05, 4.69) is 25.3 Å². The van der Waals surface area contributed by atoms with Crippen molar-refractivity contribution in [3.05, 3.63) is 42.0 Å². The van der Waals surface area contributed by atoms with Gasteiger partial charge >= 0.3 is 0 Å². The number of hydrogen-bond donors (Lipinski definition) is 3. The Kier molecular flexibility index (Phi) is 4.38. The first-order chi connectivity index (χ1) is 11.1. The van der Waals surface area contributed by atoms with E-state index < -0.39 is 0 Å². The molecule has 0 aliphatic heterocycles. The molecule has 118 valence electrons. The van der Waals surface area contributed by atoms with Crippen molar-refractivity contribution in [3.8, 4) is 5.88 Å². The van der Waals surface area contributed by atoms with Crippen LogP contribution in [0.2, 0.25) is 0 Å². The van der Waals surface area contributed by atoms with Gasteiger partial charge in [0.15, 0.2) is 16.3 Å². The van der Waals surface area contributed by atoms with Gasteiger partial charge in [-0.1, -0.05) is 23.9 Å². The Balaban J connectivity index is 1.54. The van der Waals surface area contributed by atoms with Crippen LogP contribution in [0.25, 0.3) is 11.2 Å². The lowest BCUT2D eigenvalue weighted by Crippen LogP contribution is -2.24. The molecule has 0 unspecified atom stereocenters. The highest BCUT2D eigenvalue weighted by Gasteiger charge is 2.11. The predicted molar refractivity (Wildman–Crippen MR) is 82.3 cm³/mol. The minimum atomic E-state index is -0.318. The number of H-pyrrole nitrogens is 1. The van der Waals surface area contributed by atoms with Crippen molar-refractivity contribution in [2.24, 2.45) is 0 Å². The number of thioether (sulfide) groups is 1. The molecule has 1 amide bonds. The molecule has 0 atom stereocenters. The molecule has 2 aromatic heterocycles. The van der Waals surface area contributed by atoms with Crippen LogP contribution in [0.5, 0.6) is 5.88 Å². The van der Waals surface area contributed by atoms with Crippen molar-refractivity contribution < 1.29 is 14.3 Å². The molecule has 2 heterocycles. The van der Waals surface area contributed by atoms with E-state index in [0.717, 1.165) is 17.3 Å². The van der Waals surface area contributed by atoms with Gasteiger partial charge in [0.1, 0.15) is 5.82 Å². The highest BCUT2D eigenvalue weighted by atomic mass is 32.2. The molecular weight excluding hydrogens is 321 g/mol. The SMILES string of the molecule is O=C(CSc1nc(O)c2nc[nH]c2n1)NCc1ccc(F)cc1. The van der Waals surface area contributed by atoms with Crippen molar-refractivity contribution in [2.75, 3.05) is 5.75 Å². The third-order valence-corrected chi connectivity index (χ3v) is 3.82. The zero-order valence-corrected chi connectivity index (χ0v) is 12.6. The number of carbonyl (C=O) groups excluding carboxylic acids is 1. The van der Waals surface area contributed by atoms with Gasteiger partial charge in [0.2, 0.25) is 11.8 Å². The number of rotatable bonds is 5. The number of aromatic amines is 1. The summed E-state index contributed by atoms with van der Waals surface area (Å²) in [6.07, 6.45) is 1.41. The fourth-order valence-electron chi connectivity index (χ4n) is 1.85. The monoisotopic (exact) mass is 333 g/mol. The second-order valence-corrected chi connectivity index (χ2v) is 5.56. The fraction of sp³-hybridized carbons (Fsp3) is 0.143. The van der Waals surface area contributed by atoms with Crippen LogP contribution in [0.4, 0.5) is 4.39 Å². The minimum Gasteiger partial charge on any atom is -0.492 e. The maximum Gasteiger partial charge on any atom is 0.243 e. The van der Waals surface area contributed by atoms with Crippen molar-refractivity contribution in [2.45, 2.75) is 11.7 Å². The summed E-state index contributed by atoms with van der Waals surface area (Å²) in [5.74, 6) is -0.667. The quantitative estimate of drug-likeness (QED) is 0.484. The Bertz CT molecular complexity index is 837. The third-order valence-electron chi connectivity index (χ3n) is 2.98. The summed E-state index contributed by atoms with van der Waals surface area (Å²) >= 11 is 1.10.